The molecular weight excluding hydrogens is 156 g/mol. The zero-order chi connectivity index (χ0) is 8.04. The first-order valence-corrected chi connectivity index (χ1v) is 4.28. The highest BCUT2D eigenvalue weighted by atomic mass is 28.4. The summed E-state index contributed by atoms with van der Waals surface area (Å²) in [6.45, 7) is -0.470. The first-order valence-electron chi connectivity index (χ1n) is 2.65. The van der Waals surface area contributed by atoms with Crippen molar-refractivity contribution in [2.45, 2.75) is 0 Å². The van der Waals surface area contributed by atoms with E-state index in [-0.39, 0.29) is 0 Å². The number of rotatable bonds is 5. The lowest BCUT2D eigenvalue weighted by molar-refractivity contribution is -0.0431. The summed E-state index contributed by atoms with van der Waals surface area (Å²) in [7, 11) is 1.23. The molecule has 6 heteroatoms. The van der Waals surface area contributed by atoms with Gasteiger partial charge in [-0.15, -0.1) is 0 Å². The fourth-order valence-corrected chi connectivity index (χ4v) is 1.52. The lowest BCUT2D eigenvalue weighted by atomic mass is 11.6. The summed E-state index contributed by atoms with van der Waals surface area (Å²) in [5, 5.41) is 8.37. The van der Waals surface area contributed by atoms with Gasteiger partial charge in [0.1, 0.15) is 6.79 Å². The van der Waals surface area contributed by atoms with Crippen LogP contribution in [0.15, 0.2) is 0 Å². The second kappa shape index (κ2) is 4.77. The third-order valence-electron chi connectivity index (χ3n) is 0.991. The van der Waals surface area contributed by atoms with Crippen molar-refractivity contribution in [3.8, 4) is 0 Å². The molecule has 0 amide bonds. The van der Waals surface area contributed by atoms with Crippen molar-refractivity contribution in [3.63, 3.8) is 0 Å². The van der Waals surface area contributed by atoms with Crippen molar-refractivity contribution in [2.75, 3.05) is 28.1 Å². The summed E-state index contributed by atoms with van der Waals surface area (Å²) in [6, 6.07) is 0. The van der Waals surface area contributed by atoms with E-state index in [1.807, 2.05) is 0 Å². The molecule has 0 fully saturated rings. The van der Waals surface area contributed by atoms with Crippen LogP contribution in [0, 0.1) is 0 Å². The van der Waals surface area contributed by atoms with E-state index in [9.17, 15) is 0 Å². The van der Waals surface area contributed by atoms with Gasteiger partial charge in [0.2, 0.25) is 0 Å². The fraction of sp³-hybridized carbons (Fsp3) is 1.00. The van der Waals surface area contributed by atoms with Crippen molar-refractivity contribution in [1.82, 2.24) is 0 Å². The molecule has 0 radical (unpaired) electrons. The Kier molecular flexibility index (Phi) is 4.78. The summed E-state index contributed by atoms with van der Waals surface area (Å²) < 4.78 is 19.1. The van der Waals surface area contributed by atoms with Crippen LogP contribution in [0.25, 0.3) is 0 Å². The molecule has 0 aromatic rings. The molecule has 0 heterocycles. The molecule has 5 nitrogen and oxygen atoms in total. The maximum absolute atomic E-state index is 8.37. The average Bonchev–Trinajstić information content (AvgIpc) is 2.01. The third-order valence-corrected chi connectivity index (χ3v) is 2.97. The van der Waals surface area contributed by atoms with E-state index in [1.165, 1.54) is 21.3 Å². The number of hydrogen-bond donors (Lipinski definition) is 1. The molecule has 0 aliphatic heterocycles. The highest BCUT2D eigenvalue weighted by molar-refractivity contribution is 6.53. The van der Waals surface area contributed by atoms with Gasteiger partial charge in [-0.25, -0.2) is 0 Å². The largest absolute Gasteiger partial charge is 0.680 e. The van der Waals surface area contributed by atoms with Crippen LogP contribution >= 0.6 is 0 Å². The molecule has 0 bridgehead atoms. The zero-order valence-electron chi connectivity index (χ0n) is 6.29. The van der Waals surface area contributed by atoms with E-state index < -0.39 is 15.8 Å². The predicted molar refractivity (Wildman–Crippen MR) is 35.0 cm³/mol. The second-order valence-corrected chi connectivity index (χ2v) is 3.90. The van der Waals surface area contributed by atoms with Gasteiger partial charge in [0.15, 0.2) is 0 Å². The number of aliphatic hydroxyl groups is 1. The molecule has 1 N–H and O–H groups in total. The average molecular weight is 168 g/mol. The Balaban J connectivity index is 3.87. The van der Waals surface area contributed by atoms with Gasteiger partial charge < -0.3 is 22.8 Å². The topological polar surface area (TPSA) is 57.2 Å². The van der Waals surface area contributed by atoms with Crippen molar-refractivity contribution in [2.24, 2.45) is 0 Å². The Bertz CT molecular complexity index is 75.5. The minimum absolute atomic E-state index is 0.470. The normalized spacial score (nSPS) is 12.0. The summed E-state index contributed by atoms with van der Waals surface area (Å²) >= 11 is 0. The van der Waals surface area contributed by atoms with Gasteiger partial charge in [-0.05, 0) is 0 Å². The van der Waals surface area contributed by atoms with Crippen LogP contribution in [0.3, 0.4) is 0 Å². The number of aliphatic hydroxyl groups excluding tert-OH is 1. The van der Waals surface area contributed by atoms with Gasteiger partial charge in [-0.1, -0.05) is 0 Å². The SMILES string of the molecule is CO[Si](OC)(OC)OCO. The Labute approximate surface area is 61.0 Å². The van der Waals surface area contributed by atoms with Crippen LogP contribution in [0.5, 0.6) is 0 Å². The van der Waals surface area contributed by atoms with Gasteiger partial charge in [-0.2, -0.15) is 0 Å². The summed E-state index contributed by atoms with van der Waals surface area (Å²) in [6.07, 6.45) is 0. The smallest absolute Gasteiger partial charge is 0.371 e. The number of hydrogen-bond acceptors (Lipinski definition) is 5. The first kappa shape index (κ1) is 10.0. The Morgan fingerprint density at radius 1 is 1.10 bits per heavy atom. The predicted octanol–water partition coefficient (Wildman–Crippen LogP) is -0.672. The summed E-state index contributed by atoms with van der Waals surface area (Å²) in [4.78, 5) is 0. The Hall–Kier alpha value is 0.0169. The highest BCUT2D eigenvalue weighted by Crippen LogP contribution is 2.05. The van der Waals surface area contributed by atoms with Crippen molar-refractivity contribution >= 4 is 9.05 Å². The van der Waals surface area contributed by atoms with Gasteiger partial charge in [0.25, 0.3) is 0 Å². The Morgan fingerprint density at radius 2 is 1.50 bits per heavy atom. The lowest BCUT2D eigenvalue weighted by Gasteiger charge is -2.21. The molecule has 10 heavy (non-hydrogen) atoms. The molecule has 0 aromatic carbocycles. The molecule has 0 saturated heterocycles. The molecule has 0 spiro atoms. The van der Waals surface area contributed by atoms with Crippen molar-refractivity contribution < 1.29 is 22.8 Å². The molecule has 62 valence electrons. The quantitative estimate of drug-likeness (QED) is 0.436. The maximum Gasteiger partial charge on any atom is 0.680 e. The van der Waals surface area contributed by atoms with E-state index in [2.05, 4.69) is 0 Å². The van der Waals surface area contributed by atoms with E-state index >= 15 is 0 Å². The van der Waals surface area contributed by atoms with Gasteiger partial charge in [-0.3, -0.25) is 0 Å². The molecule has 0 aromatic heterocycles. The molecule has 0 rings (SSSR count). The molecule has 0 unspecified atom stereocenters. The van der Waals surface area contributed by atoms with Gasteiger partial charge in [0.05, 0.1) is 0 Å². The molecule has 0 aliphatic carbocycles. The van der Waals surface area contributed by atoms with Crippen LogP contribution in [0.2, 0.25) is 0 Å². The first-order chi connectivity index (χ1) is 4.74. The fourth-order valence-electron chi connectivity index (χ4n) is 0.506. The minimum Gasteiger partial charge on any atom is -0.371 e. The van der Waals surface area contributed by atoms with Crippen LogP contribution in [0.1, 0.15) is 0 Å². The van der Waals surface area contributed by atoms with E-state index in [0.717, 1.165) is 0 Å². The monoisotopic (exact) mass is 168 g/mol. The third kappa shape index (κ3) is 2.33. The van der Waals surface area contributed by atoms with Crippen LogP contribution < -0.4 is 0 Å². The molecular formula is C4H12O5Si. The van der Waals surface area contributed by atoms with Crippen LogP contribution in [0.4, 0.5) is 0 Å². The van der Waals surface area contributed by atoms with E-state index in [0.29, 0.717) is 0 Å². The minimum atomic E-state index is -2.97. The summed E-state index contributed by atoms with van der Waals surface area (Å²) in [5.74, 6) is 0. The molecule has 0 aliphatic rings. The van der Waals surface area contributed by atoms with Crippen molar-refractivity contribution in [3.05, 3.63) is 0 Å². The molecule has 0 saturated carbocycles. The second-order valence-electron chi connectivity index (χ2n) is 1.39. The van der Waals surface area contributed by atoms with Crippen LogP contribution in [-0.4, -0.2) is 42.3 Å². The zero-order valence-corrected chi connectivity index (χ0v) is 7.29. The standard InChI is InChI=1S/C4H12O5Si/c1-6-10(7-2,8-3)9-4-5/h5H,4H2,1-3H3. The van der Waals surface area contributed by atoms with E-state index in [4.69, 9.17) is 22.8 Å². The lowest BCUT2D eigenvalue weighted by Crippen LogP contribution is -2.46. The molecule has 0 atom stereocenters. The van der Waals surface area contributed by atoms with Gasteiger partial charge >= 0.3 is 9.05 Å². The maximum atomic E-state index is 8.37. The summed E-state index contributed by atoms with van der Waals surface area (Å²) in [5.41, 5.74) is 0. The van der Waals surface area contributed by atoms with Crippen LogP contribution in [-0.2, 0) is 17.7 Å². The van der Waals surface area contributed by atoms with E-state index in [1.54, 1.807) is 0 Å². The van der Waals surface area contributed by atoms with Crippen molar-refractivity contribution in [1.29, 1.82) is 0 Å². The van der Waals surface area contributed by atoms with Gasteiger partial charge in [0, 0.05) is 21.3 Å². The highest BCUT2D eigenvalue weighted by Gasteiger charge is 2.41. The Morgan fingerprint density at radius 3 is 1.60 bits per heavy atom.